The fourth-order valence-corrected chi connectivity index (χ4v) is 2.80. The zero-order valence-electron chi connectivity index (χ0n) is 12.6. The highest BCUT2D eigenvalue weighted by atomic mass is 19.2. The molecule has 1 aliphatic carbocycles. The number of hydrogen-bond donors (Lipinski definition) is 0. The Morgan fingerprint density at radius 3 is 2.48 bits per heavy atom. The summed E-state index contributed by atoms with van der Waals surface area (Å²) in [5.41, 5.74) is -0.166. The van der Waals surface area contributed by atoms with Crippen LogP contribution in [0, 0.1) is 11.6 Å². The van der Waals surface area contributed by atoms with E-state index in [2.05, 4.69) is 0 Å². The van der Waals surface area contributed by atoms with Crippen LogP contribution in [-0.2, 0) is 0 Å². The summed E-state index contributed by atoms with van der Waals surface area (Å²) in [6.45, 7) is 1.24. The van der Waals surface area contributed by atoms with E-state index in [1.165, 1.54) is 12.1 Å². The highest BCUT2D eigenvalue weighted by molar-refractivity contribution is 5.94. The van der Waals surface area contributed by atoms with Crippen molar-refractivity contribution >= 4 is 5.91 Å². The molecule has 1 saturated carbocycles. The van der Waals surface area contributed by atoms with E-state index >= 15 is 0 Å². The number of amides is 1. The maximum Gasteiger partial charge on any atom is 0.257 e. The maximum absolute atomic E-state index is 13.9. The Bertz CT molecular complexity index is 499. The zero-order valence-corrected chi connectivity index (χ0v) is 12.6. The second kappa shape index (κ2) is 6.98. The third-order valence-electron chi connectivity index (χ3n) is 4.00. The number of carbonyl (C=O) groups excluding carboxylic acids is 1. The lowest BCUT2D eigenvalue weighted by molar-refractivity contribution is 0.0661. The molecule has 1 amide bonds. The van der Waals surface area contributed by atoms with Crippen LogP contribution >= 0.6 is 0 Å². The van der Waals surface area contributed by atoms with Gasteiger partial charge in [0, 0.05) is 19.1 Å². The molecule has 116 valence electrons. The second-order valence-corrected chi connectivity index (χ2v) is 5.84. The number of nitrogens with zero attached hydrogens (tertiary/aromatic N) is 2. The van der Waals surface area contributed by atoms with Gasteiger partial charge in [0.2, 0.25) is 0 Å². The summed E-state index contributed by atoms with van der Waals surface area (Å²) in [5, 5.41) is 0. The van der Waals surface area contributed by atoms with Crippen LogP contribution in [0.3, 0.4) is 0 Å². The van der Waals surface area contributed by atoms with Crippen molar-refractivity contribution < 1.29 is 13.6 Å². The van der Waals surface area contributed by atoms with Crippen LogP contribution in [0.5, 0.6) is 0 Å². The molecule has 2 rings (SSSR count). The summed E-state index contributed by atoms with van der Waals surface area (Å²) in [6, 6.07) is 3.91. The maximum atomic E-state index is 13.9. The van der Waals surface area contributed by atoms with Crippen molar-refractivity contribution in [1.29, 1.82) is 0 Å². The highest BCUT2D eigenvalue weighted by Gasteiger charge is 2.29. The molecule has 0 radical (unpaired) electrons. The van der Waals surface area contributed by atoms with Gasteiger partial charge in [0.05, 0.1) is 5.56 Å². The van der Waals surface area contributed by atoms with E-state index in [-0.39, 0.29) is 11.6 Å². The van der Waals surface area contributed by atoms with E-state index in [1.807, 2.05) is 19.0 Å². The van der Waals surface area contributed by atoms with Crippen molar-refractivity contribution in [2.75, 3.05) is 27.2 Å². The molecule has 0 aromatic heterocycles. The highest BCUT2D eigenvalue weighted by Crippen LogP contribution is 2.25. The van der Waals surface area contributed by atoms with Crippen LogP contribution in [0.4, 0.5) is 8.78 Å². The van der Waals surface area contributed by atoms with Gasteiger partial charge in [-0.05, 0) is 39.1 Å². The van der Waals surface area contributed by atoms with E-state index in [0.717, 1.165) is 31.7 Å². The Kier molecular flexibility index (Phi) is 5.28. The molecule has 21 heavy (non-hydrogen) atoms. The molecular formula is C16H22F2N2O. The molecule has 1 aromatic rings. The van der Waals surface area contributed by atoms with Crippen LogP contribution in [-0.4, -0.2) is 48.9 Å². The van der Waals surface area contributed by atoms with E-state index in [9.17, 15) is 13.6 Å². The SMILES string of the molecule is CN(C)CCN(C(=O)c1cccc(F)c1F)C1CCCC1. The van der Waals surface area contributed by atoms with Gasteiger partial charge in [0.15, 0.2) is 11.6 Å². The first-order chi connectivity index (χ1) is 10.0. The molecule has 0 spiro atoms. The van der Waals surface area contributed by atoms with Crippen LogP contribution in [0.25, 0.3) is 0 Å². The lowest BCUT2D eigenvalue weighted by Crippen LogP contribution is -2.43. The van der Waals surface area contributed by atoms with Gasteiger partial charge in [0.1, 0.15) is 0 Å². The number of likely N-dealkylation sites (N-methyl/N-ethyl adjacent to an activating group) is 1. The Hall–Kier alpha value is -1.49. The summed E-state index contributed by atoms with van der Waals surface area (Å²) >= 11 is 0. The summed E-state index contributed by atoms with van der Waals surface area (Å²) in [7, 11) is 3.86. The normalized spacial score (nSPS) is 15.7. The molecule has 0 N–H and O–H groups in total. The van der Waals surface area contributed by atoms with Crippen LogP contribution < -0.4 is 0 Å². The van der Waals surface area contributed by atoms with Crippen molar-refractivity contribution in [3.63, 3.8) is 0 Å². The van der Waals surface area contributed by atoms with E-state index in [0.29, 0.717) is 13.1 Å². The molecule has 3 nitrogen and oxygen atoms in total. The molecule has 5 heteroatoms. The van der Waals surface area contributed by atoms with Gasteiger partial charge in [-0.25, -0.2) is 8.78 Å². The molecule has 0 atom stereocenters. The molecule has 1 fully saturated rings. The van der Waals surface area contributed by atoms with E-state index in [1.54, 1.807) is 4.90 Å². The van der Waals surface area contributed by atoms with Gasteiger partial charge in [-0.1, -0.05) is 18.9 Å². The minimum atomic E-state index is -1.05. The molecule has 0 unspecified atom stereocenters. The van der Waals surface area contributed by atoms with Crippen LogP contribution in [0.1, 0.15) is 36.0 Å². The van der Waals surface area contributed by atoms with Crippen molar-refractivity contribution in [2.24, 2.45) is 0 Å². The third-order valence-corrected chi connectivity index (χ3v) is 4.00. The summed E-state index contributed by atoms with van der Waals surface area (Å²) in [4.78, 5) is 16.3. The van der Waals surface area contributed by atoms with Gasteiger partial charge in [0.25, 0.3) is 5.91 Å². The molecule has 0 heterocycles. The first kappa shape index (κ1) is 15.9. The Labute approximate surface area is 124 Å². The Balaban J connectivity index is 2.22. The second-order valence-electron chi connectivity index (χ2n) is 5.84. The molecule has 0 bridgehead atoms. The van der Waals surface area contributed by atoms with Gasteiger partial charge in [-0.3, -0.25) is 4.79 Å². The largest absolute Gasteiger partial charge is 0.334 e. The number of benzene rings is 1. The predicted octanol–water partition coefficient (Wildman–Crippen LogP) is 2.91. The minimum Gasteiger partial charge on any atom is -0.334 e. The predicted molar refractivity (Wildman–Crippen MR) is 78.2 cm³/mol. The van der Waals surface area contributed by atoms with Crippen molar-refractivity contribution in [3.8, 4) is 0 Å². The summed E-state index contributed by atoms with van der Waals surface area (Å²) in [5.74, 6) is -2.42. The van der Waals surface area contributed by atoms with E-state index < -0.39 is 17.5 Å². The lowest BCUT2D eigenvalue weighted by atomic mass is 10.1. The first-order valence-corrected chi connectivity index (χ1v) is 7.40. The summed E-state index contributed by atoms with van der Waals surface area (Å²) < 4.78 is 27.2. The van der Waals surface area contributed by atoms with Gasteiger partial charge in [-0.2, -0.15) is 0 Å². The molecule has 1 aromatic carbocycles. The number of rotatable bonds is 5. The molecule has 0 aliphatic heterocycles. The first-order valence-electron chi connectivity index (χ1n) is 7.40. The van der Waals surface area contributed by atoms with Gasteiger partial charge >= 0.3 is 0 Å². The Morgan fingerprint density at radius 1 is 1.19 bits per heavy atom. The summed E-state index contributed by atoms with van der Waals surface area (Å²) in [6.07, 6.45) is 4.05. The topological polar surface area (TPSA) is 23.6 Å². The van der Waals surface area contributed by atoms with Crippen molar-refractivity contribution in [3.05, 3.63) is 35.4 Å². The van der Waals surface area contributed by atoms with Crippen molar-refractivity contribution in [2.45, 2.75) is 31.7 Å². The number of halogens is 2. The van der Waals surface area contributed by atoms with E-state index in [4.69, 9.17) is 0 Å². The smallest absolute Gasteiger partial charge is 0.257 e. The quantitative estimate of drug-likeness (QED) is 0.834. The minimum absolute atomic E-state index is 0.139. The van der Waals surface area contributed by atoms with Crippen molar-refractivity contribution in [1.82, 2.24) is 9.80 Å². The number of carbonyl (C=O) groups is 1. The van der Waals surface area contributed by atoms with Gasteiger partial charge < -0.3 is 9.80 Å². The fourth-order valence-electron chi connectivity index (χ4n) is 2.80. The Morgan fingerprint density at radius 2 is 1.86 bits per heavy atom. The van der Waals surface area contributed by atoms with Gasteiger partial charge in [-0.15, -0.1) is 0 Å². The standard InChI is InChI=1S/C16H22F2N2O/c1-19(2)10-11-20(12-6-3-4-7-12)16(21)13-8-5-9-14(17)15(13)18/h5,8-9,12H,3-4,6-7,10-11H2,1-2H3. The fraction of sp³-hybridized carbons (Fsp3) is 0.562. The average Bonchev–Trinajstić information content (AvgIpc) is 2.95. The van der Waals surface area contributed by atoms with Crippen LogP contribution in [0.15, 0.2) is 18.2 Å². The molecule has 0 saturated heterocycles. The van der Waals surface area contributed by atoms with Crippen LogP contribution in [0.2, 0.25) is 0 Å². The number of hydrogen-bond acceptors (Lipinski definition) is 2. The zero-order chi connectivity index (χ0) is 15.4. The monoisotopic (exact) mass is 296 g/mol. The molecular weight excluding hydrogens is 274 g/mol. The lowest BCUT2D eigenvalue weighted by Gasteiger charge is -2.30. The average molecular weight is 296 g/mol. The third kappa shape index (κ3) is 3.79. The molecule has 1 aliphatic rings.